The maximum atomic E-state index is 11.3. The molecule has 1 aromatic rings. The number of rotatable bonds is 5. The molecule has 0 saturated carbocycles. The number of alkyl carbamates (subject to hydrolysis) is 1. The Bertz CT molecular complexity index is 404. The first-order valence-corrected chi connectivity index (χ1v) is 5.84. The number of amides is 1. The highest BCUT2D eigenvalue weighted by Crippen LogP contribution is 2.22. The summed E-state index contributed by atoms with van der Waals surface area (Å²) < 4.78 is 9.54. The van der Waals surface area contributed by atoms with Gasteiger partial charge in [-0.2, -0.15) is 0 Å². The van der Waals surface area contributed by atoms with Gasteiger partial charge in [-0.1, -0.05) is 12.1 Å². The number of carbonyl (C=O) groups excluding carboxylic acids is 1. The molecule has 106 valence electrons. The van der Waals surface area contributed by atoms with Crippen LogP contribution in [-0.2, 0) is 4.74 Å². The Kier molecular flexibility index (Phi) is 5.59. The van der Waals surface area contributed by atoms with Crippen LogP contribution in [0.15, 0.2) is 24.3 Å². The maximum absolute atomic E-state index is 11.3. The Hall–Kier alpha value is -1.79. The van der Waals surface area contributed by atoms with Crippen molar-refractivity contribution in [3.8, 4) is 5.75 Å². The molecule has 0 radical (unpaired) electrons. The summed E-state index contributed by atoms with van der Waals surface area (Å²) in [4.78, 5) is 11.3. The number of benzene rings is 1. The van der Waals surface area contributed by atoms with Crippen molar-refractivity contribution < 1.29 is 24.5 Å². The highest BCUT2D eigenvalue weighted by molar-refractivity contribution is 5.67. The van der Waals surface area contributed by atoms with Gasteiger partial charge in [0, 0.05) is 0 Å². The zero-order valence-corrected chi connectivity index (χ0v) is 11.2. The molecule has 0 fully saturated rings. The van der Waals surface area contributed by atoms with Crippen molar-refractivity contribution in [2.24, 2.45) is 0 Å². The van der Waals surface area contributed by atoms with Crippen LogP contribution in [0.1, 0.15) is 18.5 Å². The minimum atomic E-state index is -1.15. The Labute approximate surface area is 112 Å². The molecule has 0 aliphatic heterocycles. The fourth-order valence-corrected chi connectivity index (χ4v) is 1.64. The smallest absolute Gasteiger partial charge is 0.407 e. The van der Waals surface area contributed by atoms with Gasteiger partial charge in [0.05, 0.1) is 26.4 Å². The second-order valence-corrected chi connectivity index (χ2v) is 4.12. The SMILES string of the molecule is COC(=O)N[C@@H](c1ccc(OC)cc1)[C@H](O)C(C)O. The quantitative estimate of drug-likeness (QED) is 0.737. The number of carbonyl (C=O) groups is 1. The van der Waals surface area contributed by atoms with Crippen LogP contribution in [0.25, 0.3) is 0 Å². The Balaban J connectivity index is 2.96. The molecule has 0 aromatic heterocycles. The summed E-state index contributed by atoms with van der Waals surface area (Å²) in [5, 5.41) is 21.9. The number of nitrogens with one attached hydrogen (secondary N) is 1. The van der Waals surface area contributed by atoms with E-state index in [1.807, 2.05) is 0 Å². The van der Waals surface area contributed by atoms with Crippen molar-refractivity contribution in [1.82, 2.24) is 5.32 Å². The van der Waals surface area contributed by atoms with E-state index in [1.165, 1.54) is 14.0 Å². The number of hydrogen-bond donors (Lipinski definition) is 3. The largest absolute Gasteiger partial charge is 0.497 e. The molecule has 1 rings (SSSR count). The van der Waals surface area contributed by atoms with Crippen LogP contribution in [0.2, 0.25) is 0 Å². The zero-order chi connectivity index (χ0) is 14.4. The standard InChI is InChI=1S/C13H19NO5/c1-8(15)12(16)11(14-13(17)19-3)9-4-6-10(18-2)7-5-9/h4-8,11-12,15-16H,1-3H3,(H,14,17)/t8?,11-,12+/m0/s1. The van der Waals surface area contributed by atoms with Crippen molar-refractivity contribution in [1.29, 1.82) is 0 Å². The Morgan fingerprint density at radius 1 is 1.21 bits per heavy atom. The number of aliphatic hydroxyl groups is 2. The van der Waals surface area contributed by atoms with Crippen molar-refractivity contribution in [2.45, 2.75) is 25.2 Å². The lowest BCUT2D eigenvalue weighted by Crippen LogP contribution is -2.41. The molecule has 0 saturated heterocycles. The highest BCUT2D eigenvalue weighted by Gasteiger charge is 2.27. The molecule has 1 aromatic carbocycles. The number of methoxy groups -OCH3 is 2. The molecule has 19 heavy (non-hydrogen) atoms. The number of hydrogen-bond acceptors (Lipinski definition) is 5. The minimum Gasteiger partial charge on any atom is -0.497 e. The lowest BCUT2D eigenvalue weighted by atomic mass is 9.98. The van der Waals surface area contributed by atoms with Gasteiger partial charge < -0.3 is 25.0 Å². The van der Waals surface area contributed by atoms with Crippen molar-refractivity contribution in [3.63, 3.8) is 0 Å². The average Bonchev–Trinajstić information content (AvgIpc) is 2.43. The predicted molar refractivity (Wildman–Crippen MR) is 69.0 cm³/mol. The summed E-state index contributed by atoms with van der Waals surface area (Å²) in [6, 6.07) is 6.04. The third kappa shape index (κ3) is 4.11. The van der Waals surface area contributed by atoms with Crippen LogP contribution in [-0.4, -0.2) is 42.7 Å². The molecule has 0 bridgehead atoms. The fourth-order valence-electron chi connectivity index (χ4n) is 1.64. The van der Waals surface area contributed by atoms with E-state index in [4.69, 9.17) is 4.74 Å². The first kappa shape index (κ1) is 15.3. The van der Waals surface area contributed by atoms with Gasteiger partial charge in [-0.25, -0.2) is 4.79 Å². The summed E-state index contributed by atoms with van der Waals surface area (Å²) in [7, 11) is 2.78. The molecule has 6 heteroatoms. The number of ether oxygens (including phenoxy) is 2. The molecule has 6 nitrogen and oxygen atoms in total. The Morgan fingerprint density at radius 2 is 1.79 bits per heavy atom. The summed E-state index contributed by atoms with van der Waals surface area (Å²) in [6.07, 6.45) is -2.82. The molecule has 0 aliphatic rings. The van der Waals surface area contributed by atoms with E-state index in [2.05, 4.69) is 10.1 Å². The molecule has 0 aliphatic carbocycles. The zero-order valence-electron chi connectivity index (χ0n) is 11.2. The van der Waals surface area contributed by atoms with Crippen LogP contribution < -0.4 is 10.1 Å². The lowest BCUT2D eigenvalue weighted by Gasteiger charge is -2.26. The maximum Gasteiger partial charge on any atom is 0.407 e. The van der Waals surface area contributed by atoms with Gasteiger partial charge in [-0.05, 0) is 24.6 Å². The van der Waals surface area contributed by atoms with Crippen molar-refractivity contribution in [2.75, 3.05) is 14.2 Å². The van der Waals surface area contributed by atoms with E-state index >= 15 is 0 Å². The topological polar surface area (TPSA) is 88.0 Å². The second kappa shape index (κ2) is 6.96. The van der Waals surface area contributed by atoms with Gasteiger partial charge in [0.15, 0.2) is 0 Å². The monoisotopic (exact) mass is 269 g/mol. The molecular formula is C13H19NO5. The van der Waals surface area contributed by atoms with Crippen LogP contribution in [0, 0.1) is 0 Å². The molecule has 1 unspecified atom stereocenters. The highest BCUT2D eigenvalue weighted by atomic mass is 16.5. The van der Waals surface area contributed by atoms with Gasteiger partial charge in [-0.15, -0.1) is 0 Å². The lowest BCUT2D eigenvalue weighted by molar-refractivity contribution is 0.00616. The first-order valence-electron chi connectivity index (χ1n) is 5.84. The Morgan fingerprint density at radius 3 is 2.21 bits per heavy atom. The van der Waals surface area contributed by atoms with Crippen LogP contribution in [0.5, 0.6) is 5.75 Å². The summed E-state index contributed by atoms with van der Waals surface area (Å²) in [5.41, 5.74) is 0.639. The summed E-state index contributed by atoms with van der Waals surface area (Å²) in [6.45, 7) is 1.44. The van der Waals surface area contributed by atoms with Crippen LogP contribution in [0.4, 0.5) is 4.79 Å². The van der Waals surface area contributed by atoms with E-state index in [0.29, 0.717) is 11.3 Å². The van der Waals surface area contributed by atoms with Crippen LogP contribution >= 0.6 is 0 Å². The fraction of sp³-hybridized carbons (Fsp3) is 0.462. The third-order valence-electron chi connectivity index (χ3n) is 2.77. The van der Waals surface area contributed by atoms with Crippen molar-refractivity contribution in [3.05, 3.63) is 29.8 Å². The summed E-state index contributed by atoms with van der Waals surface area (Å²) >= 11 is 0. The van der Waals surface area contributed by atoms with Crippen molar-refractivity contribution >= 4 is 6.09 Å². The number of aliphatic hydroxyl groups excluding tert-OH is 2. The van der Waals surface area contributed by atoms with Crippen LogP contribution in [0.3, 0.4) is 0 Å². The van der Waals surface area contributed by atoms with E-state index in [-0.39, 0.29) is 0 Å². The van der Waals surface area contributed by atoms with Gasteiger partial charge in [0.2, 0.25) is 0 Å². The van der Waals surface area contributed by atoms with E-state index in [0.717, 1.165) is 0 Å². The molecule has 0 spiro atoms. The van der Waals surface area contributed by atoms with Gasteiger partial charge >= 0.3 is 6.09 Å². The predicted octanol–water partition coefficient (Wildman–Crippen LogP) is 0.834. The van der Waals surface area contributed by atoms with Gasteiger partial charge in [-0.3, -0.25) is 0 Å². The van der Waals surface area contributed by atoms with E-state index in [9.17, 15) is 15.0 Å². The molecule has 3 N–H and O–H groups in total. The molecule has 1 amide bonds. The molecule has 3 atom stereocenters. The molecular weight excluding hydrogens is 250 g/mol. The molecule has 0 heterocycles. The average molecular weight is 269 g/mol. The summed E-state index contributed by atoms with van der Waals surface area (Å²) in [5.74, 6) is 0.659. The first-order chi connectivity index (χ1) is 8.99. The minimum absolute atomic E-state index is 0.639. The second-order valence-electron chi connectivity index (χ2n) is 4.12. The van der Waals surface area contributed by atoms with Gasteiger partial charge in [0.25, 0.3) is 0 Å². The van der Waals surface area contributed by atoms with E-state index < -0.39 is 24.3 Å². The van der Waals surface area contributed by atoms with Gasteiger partial charge in [0.1, 0.15) is 11.9 Å². The van der Waals surface area contributed by atoms with E-state index in [1.54, 1.807) is 31.4 Å². The normalized spacial score (nSPS) is 15.2. The third-order valence-corrected chi connectivity index (χ3v) is 2.77.